The van der Waals surface area contributed by atoms with Gasteiger partial charge in [-0.25, -0.2) is 0 Å². The van der Waals surface area contributed by atoms with Crippen LogP contribution in [0.15, 0.2) is 46.3 Å². The molecule has 0 radical (unpaired) electrons. The fourth-order valence-electron chi connectivity index (χ4n) is 2.08. The third-order valence-corrected chi connectivity index (χ3v) is 4.62. The van der Waals surface area contributed by atoms with Gasteiger partial charge in [-0.3, -0.25) is 4.98 Å². The number of rotatable bonds is 3. The van der Waals surface area contributed by atoms with Crippen LogP contribution in [-0.4, -0.2) is 4.98 Å². The number of benzene rings is 1. The summed E-state index contributed by atoms with van der Waals surface area (Å²) in [7, 11) is 0. The number of aromatic nitrogens is 1. The molecule has 0 spiro atoms. The van der Waals surface area contributed by atoms with Gasteiger partial charge in [-0.15, -0.1) is 11.3 Å². The molecule has 2 heterocycles. The average Bonchev–Trinajstić information content (AvgIpc) is 2.81. The molecule has 0 aliphatic rings. The van der Waals surface area contributed by atoms with E-state index in [2.05, 4.69) is 55.9 Å². The van der Waals surface area contributed by atoms with E-state index in [0.717, 1.165) is 27.9 Å². The maximum Gasteiger partial charge on any atom is 0.0725 e. The highest BCUT2D eigenvalue weighted by Gasteiger charge is 2.04. The summed E-state index contributed by atoms with van der Waals surface area (Å²) >= 11 is 5.24. The van der Waals surface area contributed by atoms with Crippen LogP contribution >= 0.6 is 27.3 Å². The number of pyridine rings is 1. The summed E-state index contributed by atoms with van der Waals surface area (Å²) in [6, 6.07) is 12.5. The lowest BCUT2D eigenvalue weighted by Crippen LogP contribution is -1.99. The summed E-state index contributed by atoms with van der Waals surface area (Å²) in [4.78, 5) is 5.86. The lowest BCUT2D eigenvalue weighted by Gasteiger charge is -2.09. The monoisotopic (exact) mass is 332 g/mol. The van der Waals surface area contributed by atoms with Crippen molar-refractivity contribution >= 4 is 43.9 Å². The molecule has 0 saturated heterocycles. The van der Waals surface area contributed by atoms with E-state index in [0.29, 0.717) is 0 Å². The summed E-state index contributed by atoms with van der Waals surface area (Å²) in [5, 5.41) is 6.78. The Hall–Kier alpha value is -1.39. The van der Waals surface area contributed by atoms with Crippen LogP contribution in [0.5, 0.6) is 0 Å². The standard InChI is InChI=1S/C15H13BrN2S/c1-10-6-15(13-4-2-3-5-14(13)18-10)17-8-12-7-11(16)9-19-12/h2-7,9H,8H2,1H3,(H,17,18). The van der Waals surface area contributed by atoms with E-state index in [1.807, 2.05) is 19.1 Å². The highest BCUT2D eigenvalue weighted by Crippen LogP contribution is 2.25. The molecule has 96 valence electrons. The molecular formula is C15H13BrN2S. The molecule has 1 aromatic carbocycles. The predicted molar refractivity (Wildman–Crippen MR) is 85.8 cm³/mol. The van der Waals surface area contributed by atoms with Crippen molar-refractivity contribution in [1.82, 2.24) is 4.98 Å². The zero-order valence-electron chi connectivity index (χ0n) is 10.5. The Kier molecular flexibility index (Phi) is 3.53. The van der Waals surface area contributed by atoms with E-state index in [1.165, 1.54) is 10.3 Å². The zero-order chi connectivity index (χ0) is 13.2. The third kappa shape index (κ3) is 2.80. The summed E-state index contributed by atoms with van der Waals surface area (Å²) in [5.41, 5.74) is 3.22. The topological polar surface area (TPSA) is 24.9 Å². The maximum absolute atomic E-state index is 4.55. The number of nitrogens with zero attached hydrogens (tertiary/aromatic N) is 1. The van der Waals surface area contributed by atoms with Crippen LogP contribution in [0.4, 0.5) is 5.69 Å². The van der Waals surface area contributed by atoms with Gasteiger partial charge in [-0.2, -0.15) is 0 Å². The fourth-order valence-corrected chi connectivity index (χ4v) is 3.47. The molecule has 2 nitrogen and oxygen atoms in total. The highest BCUT2D eigenvalue weighted by atomic mass is 79.9. The average molecular weight is 333 g/mol. The second kappa shape index (κ2) is 5.31. The van der Waals surface area contributed by atoms with Crippen molar-refractivity contribution in [2.24, 2.45) is 0 Å². The number of halogens is 1. The van der Waals surface area contributed by atoms with Gasteiger partial charge in [0.25, 0.3) is 0 Å². The summed E-state index contributed by atoms with van der Waals surface area (Å²) in [6.45, 7) is 2.86. The van der Waals surface area contributed by atoms with Crippen molar-refractivity contribution in [3.8, 4) is 0 Å². The molecule has 0 atom stereocenters. The van der Waals surface area contributed by atoms with Crippen LogP contribution in [0.2, 0.25) is 0 Å². The molecule has 3 aromatic rings. The number of aryl methyl sites for hydroxylation is 1. The normalized spacial score (nSPS) is 10.8. The van der Waals surface area contributed by atoms with E-state index in [1.54, 1.807) is 11.3 Å². The van der Waals surface area contributed by atoms with E-state index in [4.69, 9.17) is 0 Å². The number of anilines is 1. The van der Waals surface area contributed by atoms with Crippen LogP contribution in [0.25, 0.3) is 10.9 Å². The van der Waals surface area contributed by atoms with Gasteiger partial charge in [-0.05, 0) is 41.1 Å². The van der Waals surface area contributed by atoms with Crippen molar-refractivity contribution in [3.63, 3.8) is 0 Å². The van der Waals surface area contributed by atoms with E-state index < -0.39 is 0 Å². The van der Waals surface area contributed by atoms with Crippen molar-refractivity contribution in [3.05, 3.63) is 56.8 Å². The SMILES string of the molecule is Cc1cc(NCc2cc(Br)cs2)c2ccccc2n1. The minimum Gasteiger partial charge on any atom is -0.380 e. The van der Waals surface area contributed by atoms with E-state index in [9.17, 15) is 0 Å². The van der Waals surface area contributed by atoms with Gasteiger partial charge in [-0.1, -0.05) is 18.2 Å². The summed E-state index contributed by atoms with van der Waals surface area (Å²) in [6.07, 6.45) is 0. The van der Waals surface area contributed by atoms with Crippen LogP contribution in [0.3, 0.4) is 0 Å². The molecule has 19 heavy (non-hydrogen) atoms. The second-order valence-corrected chi connectivity index (χ2v) is 6.32. The largest absolute Gasteiger partial charge is 0.380 e. The van der Waals surface area contributed by atoms with Gasteiger partial charge in [0.15, 0.2) is 0 Å². The third-order valence-electron chi connectivity index (χ3n) is 2.92. The molecule has 0 unspecified atom stereocenters. The van der Waals surface area contributed by atoms with Crippen LogP contribution in [0, 0.1) is 6.92 Å². The zero-order valence-corrected chi connectivity index (χ0v) is 12.9. The molecule has 4 heteroatoms. The van der Waals surface area contributed by atoms with Gasteiger partial charge in [0.2, 0.25) is 0 Å². The molecule has 3 rings (SSSR count). The van der Waals surface area contributed by atoms with Crippen molar-refractivity contribution in [2.75, 3.05) is 5.32 Å². The predicted octanol–water partition coefficient (Wildman–Crippen LogP) is 4.98. The first-order valence-corrected chi connectivity index (χ1v) is 7.73. The van der Waals surface area contributed by atoms with Crippen molar-refractivity contribution < 1.29 is 0 Å². The molecule has 0 aliphatic heterocycles. The molecule has 0 aliphatic carbocycles. The van der Waals surface area contributed by atoms with Gasteiger partial charge in [0, 0.05) is 38.0 Å². The molecule has 0 bridgehead atoms. The highest BCUT2D eigenvalue weighted by molar-refractivity contribution is 9.10. The van der Waals surface area contributed by atoms with Gasteiger partial charge < -0.3 is 5.32 Å². The second-order valence-electron chi connectivity index (χ2n) is 4.41. The van der Waals surface area contributed by atoms with Gasteiger partial charge in [0.1, 0.15) is 0 Å². The Morgan fingerprint density at radius 3 is 2.89 bits per heavy atom. The first-order chi connectivity index (χ1) is 9.22. The van der Waals surface area contributed by atoms with Crippen LogP contribution < -0.4 is 5.32 Å². The van der Waals surface area contributed by atoms with E-state index >= 15 is 0 Å². The molecule has 0 saturated carbocycles. The Morgan fingerprint density at radius 2 is 2.11 bits per heavy atom. The Balaban J connectivity index is 1.91. The lowest BCUT2D eigenvalue weighted by molar-refractivity contribution is 1.18. The quantitative estimate of drug-likeness (QED) is 0.731. The summed E-state index contributed by atoms with van der Waals surface area (Å²) in [5.74, 6) is 0. The number of hydrogen-bond acceptors (Lipinski definition) is 3. The van der Waals surface area contributed by atoms with Gasteiger partial charge in [0.05, 0.1) is 5.52 Å². The molecule has 2 aromatic heterocycles. The number of nitrogens with one attached hydrogen (secondary N) is 1. The smallest absolute Gasteiger partial charge is 0.0725 e. The number of fused-ring (bicyclic) bond motifs is 1. The van der Waals surface area contributed by atoms with Crippen LogP contribution in [-0.2, 0) is 6.54 Å². The van der Waals surface area contributed by atoms with E-state index in [-0.39, 0.29) is 0 Å². The Bertz CT molecular complexity index is 721. The fraction of sp³-hybridized carbons (Fsp3) is 0.133. The maximum atomic E-state index is 4.55. The minimum atomic E-state index is 0.837. The van der Waals surface area contributed by atoms with Crippen LogP contribution in [0.1, 0.15) is 10.6 Å². The molecule has 0 fully saturated rings. The Morgan fingerprint density at radius 1 is 1.26 bits per heavy atom. The minimum absolute atomic E-state index is 0.837. The van der Waals surface area contributed by atoms with Crippen molar-refractivity contribution in [1.29, 1.82) is 0 Å². The number of hydrogen-bond donors (Lipinski definition) is 1. The summed E-state index contributed by atoms with van der Waals surface area (Å²) < 4.78 is 1.14. The number of para-hydroxylation sites is 1. The first-order valence-electron chi connectivity index (χ1n) is 6.05. The lowest BCUT2D eigenvalue weighted by atomic mass is 10.1. The Labute approximate surface area is 124 Å². The number of thiophene rings is 1. The van der Waals surface area contributed by atoms with Gasteiger partial charge >= 0.3 is 0 Å². The molecule has 0 amide bonds. The van der Waals surface area contributed by atoms with Crippen molar-refractivity contribution in [2.45, 2.75) is 13.5 Å². The first kappa shape index (κ1) is 12.6. The molecular weight excluding hydrogens is 320 g/mol. The molecule has 1 N–H and O–H groups in total.